The molecule has 0 N–H and O–H groups in total. The Morgan fingerprint density at radius 3 is 2.86 bits per heavy atom. The van der Waals surface area contributed by atoms with Crippen molar-refractivity contribution in [1.82, 2.24) is 14.4 Å². The Labute approximate surface area is 130 Å². The summed E-state index contributed by atoms with van der Waals surface area (Å²) in [4.78, 5) is 16.9. The molecule has 4 rings (SSSR count). The minimum absolute atomic E-state index is 0.0187. The van der Waals surface area contributed by atoms with E-state index >= 15 is 0 Å². The molecule has 114 valence electrons. The van der Waals surface area contributed by atoms with Gasteiger partial charge in [-0.1, -0.05) is 18.2 Å². The summed E-state index contributed by atoms with van der Waals surface area (Å²) in [6.07, 6.45) is 4.32. The first-order chi connectivity index (χ1) is 10.7. The van der Waals surface area contributed by atoms with Crippen LogP contribution in [0.5, 0.6) is 0 Å². The number of carbonyl (C=O) groups is 1. The monoisotopic (exact) mass is 295 g/mol. The van der Waals surface area contributed by atoms with Crippen molar-refractivity contribution in [3.05, 3.63) is 42.1 Å². The highest BCUT2D eigenvalue weighted by Crippen LogP contribution is 2.38. The summed E-state index contributed by atoms with van der Waals surface area (Å²) >= 11 is 0. The lowest BCUT2D eigenvalue weighted by Gasteiger charge is -2.30. The fourth-order valence-electron chi connectivity index (χ4n) is 3.77. The third-order valence-electron chi connectivity index (χ3n) is 4.90. The van der Waals surface area contributed by atoms with Crippen LogP contribution < -0.4 is 0 Å². The number of hydrogen-bond donors (Lipinski definition) is 0. The van der Waals surface area contributed by atoms with Crippen molar-refractivity contribution < 1.29 is 4.79 Å². The second-order valence-electron chi connectivity index (χ2n) is 6.06. The number of benzene rings is 1. The second kappa shape index (κ2) is 4.90. The largest absolute Gasteiger partial charge is 0.352 e. The number of carbonyl (C=O) groups excluding carboxylic acids is 1. The number of nitrogens with zero attached hydrogens (tertiary/aromatic N) is 3. The fourth-order valence-corrected chi connectivity index (χ4v) is 3.77. The number of hydrogen-bond acceptors (Lipinski definition) is 2. The smallest absolute Gasteiger partial charge is 0.231 e. The Morgan fingerprint density at radius 1 is 1.27 bits per heavy atom. The van der Waals surface area contributed by atoms with Crippen molar-refractivity contribution in [2.75, 3.05) is 19.6 Å². The van der Waals surface area contributed by atoms with Crippen LogP contribution in [0, 0.1) is 5.92 Å². The van der Waals surface area contributed by atoms with Crippen molar-refractivity contribution in [1.29, 1.82) is 0 Å². The van der Waals surface area contributed by atoms with E-state index in [9.17, 15) is 4.79 Å². The third-order valence-corrected chi connectivity index (χ3v) is 4.90. The first-order valence-electron chi connectivity index (χ1n) is 8.06. The molecular weight excluding hydrogens is 274 g/mol. The second-order valence-corrected chi connectivity index (χ2v) is 6.06. The van der Waals surface area contributed by atoms with Crippen LogP contribution in [0.2, 0.25) is 0 Å². The van der Waals surface area contributed by atoms with Gasteiger partial charge in [-0.15, -0.1) is 0 Å². The molecule has 4 nitrogen and oxygen atoms in total. The van der Waals surface area contributed by atoms with Crippen molar-refractivity contribution >= 4 is 22.5 Å². The average Bonchev–Trinajstić information content (AvgIpc) is 3.14. The standard InChI is InChI=1S/C18H21N3O/c1-3-19(4-2)18(22)14-10-16-15-7-5-6-13-8-9-20(17(13)15)12-21(16)11-14/h5-10,14H,3-4,11-12H2,1-2H3. The molecule has 0 fully saturated rings. The van der Waals surface area contributed by atoms with Gasteiger partial charge >= 0.3 is 0 Å². The summed E-state index contributed by atoms with van der Waals surface area (Å²) < 4.78 is 2.28. The lowest BCUT2D eigenvalue weighted by molar-refractivity contribution is -0.133. The van der Waals surface area contributed by atoms with Crippen LogP contribution in [0.1, 0.15) is 19.4 Å². The van der Waals surface area contributed by atoms with Gasteiger partial charge in [0.2, 0.25) is 5.91 Å². The minimum atomic E-state index is -0.0187. The number of rotatable bonds is 3. The third kappa shape index (κ3) is 1.79. The van der Waals surface area contributed by atoms with E-state index < -0.39 is 0 Å². The molecule has 0 aliphatic carbocycles. The maximum Gasteiger partial charge on any atom is 0.231 e. The molecule has 2 aliphatic rings. The summed E-state index contributed by atoms with van der Waals surface area (Å²) in [5, 5.41) is 1.27. The maximum absolute atomic E-state index is 12.7. The summed E-state index contributed by atoms with van der Waals surface area (Å²) in [6, 6.07) is 8.59. The Balaban J connectivity index is 1.74. The lowest BCUT2D eigenvalue weighted by atomic mass is 10.1. The highest BCUT2D eigenvalue weighted by atomic mass is 16.2. The molecule has 0 bridgehead atoms. The highest BCUT2D eigenvalue weighted by Gasteiger charge is 2.34. The van der Waals surface area contributed by atoms with E-state index in [1.165, 1.54) is 22.2 Å². The predicted octanol–water partition coefficient (Wildman–Crippen LogP) is 2.75. The molecule has 2 aliphatic heterocycles. The molecule has 22 heavy (non-hydrogen) atoms. The molecule has 0 spiro atoms. The highest BCUT2D eigenvalue weighted by molar-refractivity contribution is 5.95. The Hall–Kier alpha value is -2.23. The summed E-state index contributed by atoms with van der Waals surface area (Å²) in [5.41, 5.74) is 3.77. The lowest BCUT2D eigenvalue weighted by Crippen LogP contribution is -2.38. The van der Waals surface area contributed by atoms with Crippen molar-refractivity contribution in [2.45, 2.75) is 20.5 Å². The Morgan fingerprint density at radius 2 is 2.09 bits per heavy atom. The number of para-hydroxylation sites is 1. The Bertz CT molecular complexity index is 770. The van der Waals surface area contributed by atoms with Gasteiger partial charge in [0.15, 0.2) is 0 Å². The van der Waals surface area contributed by atoms with E-state index in [-0.39, 0.29) is 11.8 Å². The van der Waals surface area contributed by atoms with Crippen LogP contribution in [0.4, 0.5) is 0 Å². The van der Waals surface area contributed by atoms with E-state index in [0.29, 0.717) is 0 Å². The van der Waals surface area contributed by atoms with Gasteiger partial charge in [-0.05, 0) is 26.0 Å². The predicted molar refractivity (Wildman–Crippen MR) is 88.0 cm³/mol. The van der Waals surface area contributed by atoms with Gasteiger partial charge in [0.25, 0.3) is 0 Å². The van der Waals surface area contributed by atoms with Crippen LogP contribution >= 0.6 is 0 Å². The molecule has 1 unspecified atom stereocenters. The molecule has 1 amide bonds. The molecule has 0 saturated heterocycles. The van der Waals surface area contributed by atoms with Gasteiger partial charge in [-0.2, -0.15) is 0 Å². The van der Waals surface area contributed by atoms with Gasteiger partial charge in [0.05, 0.1) is 18.1 Å². The summed E-state index contributed by atoms with van der Waals surface area (Å²) in [6.45, 7) is 7.29. The SMILES string of the molecule is CCN(CC)C(=O)C1C=C2c3cccc4ccn(c34)CN2C1. The van der Waals surface area contributed by atoms with Gasteiger partial charge in [0.1, 0.15) is 0 Å². The normalized spacial score (nSPS) is 19.3. The fraction of sp³-hybridized carbons (Fsp3) is 0.389. The van der Waals surface area contributed by atoms with E-state index in [2.05, 4.69) is 46.0 Å². The topological polar surface area (TPSA) is 28.5 Å². The molecular formula is C18H21N3O. The molecule has 0 radical (unpaired) electrons. The zero-order chi connectivity index (χ0) is 15.3. The molecule has 1 aromatic heterocycles. The summed E-state index contributed by atoms with van der Waals surface area (Å²) in [5.74, 6) is 0.235. The molecule has 4 heteroatoms. The first-order valence-corrected chi connectivity index (χ1v) is 8.06. The van der Waals surface area contributed by atoms with Crippen molar-refractivity contribution in [2.24, 2.45) is 5.92 Å². The van der Waals surface area contributed by atoms with E-state index in [0.717, 1.165) is 26.3 Å². The average molecular weight is 295 g/mol. The number of aromatic nitrogens is 1. The number of fused-ring (bicyclic) bond motifs is 2. The zero-order valence-electron chi connectivity index (χ0n) is 13.1. The molecule has 3 heterocycles. The maximum atomic E-state index is 12.7. The molecule has 1 aromatic carbocycles. The van der Waals surface area contributed by atoms with Gasteiger partial charge < -0.3 is 14.4 Å². The molecule has 2 aromatic rings. The Kier molecular flexibility index (Phi) is 2.99. The van der Waals surface area contributed by atoms with Gasteiger partial charge in [-0.3, -0.25) is 4.79 Å². The van der Waals surface area contributed by atoms with Crippen molar-refractivity contribution in [3.63, 3.8) is 0 Å². The van der Waals surface area contributed by atoms with E-state index in [4.69, 9.17) is 0 Å². The van der Waals surface area contributed by atoms with Crippen LogP contribution in [0.3, 0.4) is 0 Å². The first kappa shape index (κ1) is 13.4. The van der Waals surface area contributed by atoms with Crippen LogP contribution in [0.25, 0.3) is 16.6 Å². The van der Waals surface area contributed by atoms with Crippen LogP contribution in [0.15, 0.2) is 36.5 Å². The van der Waals surface area contributed by atoms with E-state index in [1.807, 2.05) is 18.7 Å². The minimum Gasteiger partial charge on any atom is -0.352 e. The van der Waals surface area contributed by atoms with E-state index in [1.54, 1.807) is 0 Å². The van der Waals surface area contributed by atoms with Crippen LogP contribution in [-0.2, 0) is 11.5 Å². The van der Waals surface area contributed by atoms with Gasteiger partial charge in [0, 0.05) is 42.5 Å². The quantitative estimate of drug-likeness (QED) is 0.871. The molecule has 1 atom stereocenters. The summed E-state index contributed by atoms with van der Waals surface area (Å²) in [7, 11) is 0. The number of amides is 1. The van der Waals surface area contributed by atoms with Crippen LogP contribution in [-0.4, -0.2) is 39.9 Å². The molecule has 0 saturated carbocycles. The van der Waals surface area contributed by atoms with Crippen molar-refractivity contribution in [3.8, 4) is 0 Å². The van der Waals surface area contributed by atoms with Gasteiger partial charge in [-0.25, -0.2) is 0 Å². The zero-order valence-corrected chi connectivity index (χ0v) is 13.1.